The van der Waals surface area contributed by atoms with Crippen molar-refractivity contribution in [1.82, 2.24) is 15.1 Å². The van der Waals surface area contributed by atoms with Crippen LogP contribution in [0, 0.1) is 0 Å². The maximum atomic E-state index is 4.93. The van der Waals surface area contributed by atoms with Crippen molar-refractivity contribution < 1.29 is 0 Å². The molecule has 5 heteroatoms. The number of nitrogens with zero attached hydrogens (tertiary/aromatic N) is 3. The largest absolute Gasteiger partial charge is 0.357 e. The summed E-state index contributed by atoms with van der Waals surface area (Å²) in [6.07, 6.45) is 6.66. The molecule has 2 saturated heterocycles. The second-order valence-corrected chi connectivity index (χ2v) is 6.97. The van der Waals surface area contributed by atoms with E-state index in [-0.39, 0.29) is 24.0 Å². The second-order valence-electron chi connectivity index (χ2n) is 6.97. The van der Waals surface area contributed by atoms with E-state index in [9.17, 15) is 0 Å². The third-order valence-corrected chi connectivity index (χ3v) is 5.10. The predicted molar refractivity (Wildman–Crippen MR) is 117 cm³/mol. The molecule has 3 rings (SSSR count). The van der Waals surface area contributed by atoms with Crippen LogP contribution in [0.4, 0.5) is 0 Å². The standard InChI is InChI=1S/C20H32N4.HI/c1-2-21-20(24-14-8-9-15-24)22-16-18-10-4-5-11-19(18)17-23-12-6-3-7-13-23;/h4-5,10-11H,2-3,6-9,12-17H2,1H3,(H,21,22);1H. The second kappa shape index (κ2) is 11.0. The molecular weight excluding hydrogens is 423 g/mol. The Hall–Kier alpha value is -0.820. The summed E-state index contributed by atoms with van der Waals surface area (Å²) in [6.45, 7) is 9.71. The first-order valence-corrected chi connectivity index (χ1v) is 9.69. The van der Waals surface area contributed by atoms with Crippen molar-refractivity contribution in [3.8, 4) is 0 Å². The molecule has 0 saturated carbocycles. The zero-order valence-corrected chi connectivity index (χ0v) is 17.9. The van der Waals surface area contributed by atoms with E-state index in [1.165, 1.54) is 56.3 Å². The third kappa shape index (κ3) is 6.13. The fourth-order valence-corrected chi connectivity index (χ4v) is 3.74. The van der Waals surface area contributed by atoms with Crippen LogP contribution >= 0.6 is 24.0 Å². The maximum Gasteiger partial charge on any atom is 0.194 e. The van der Waals surface area contributed by atoms with E-state index in [1.54, 1.807) is 0 Å². The van der Waals surface area contributed by atoms with Gasteiger partial charge in [-0.1, -0.05) is 30.7 Å². The van der Waals surface area contributed by atoms with Crippen LogP contribution in [0.25, 0.3) is 0 Å². The van der Waals surface area contributed by atoms with Gasteiger partial charge in [-0.05, 0) is 56.8 Å². The molecule has 4 nitrogen and oxygen atoms in total. The van der Waals surface area contributed by atoms with Crippen molar-refractivity contribution in [1.29, 1.82) is 0 Å². The van der Waals surface area contributed by atoms with Crippen molar-refractivity contribution in [3.63, 3.8) is 0 Å². The van der Waals surface area contributed by atoms with Crippen LogP contribution in [0.1, 0.15) is 50.2 Å². The monoisotopic (exact) mass is 456 g/mol. The quantitative estimate of drug-likeness (QED) is 0.415. The fourth-order valence-electron chi connectivity index (χ4n) is 3.74. The van der Waals surface area contributed by atoms with Gasteiger partial charge in [0.1, 0.15) is 0 Å². The van der Waals surface area contributed by atoms with Crippen molar-refractivity contribution in [2.24, 2.45) is 4.99 Å². The number of hydrogen-bond donors (Lipinski definition) is 1. The molecule has 1 aromatic rings. The fraction of sp³-hybridized carbons (Fsp3) is 0.650. The predicted octanol–water partition coefficient (Wildman–Crippen LogP) is 3.85. The van der Waals surface area contributed by atoms with Gasteiger partial charge in [0, 0.05) is 26.2 Å². The van der Waals surface area contributed by atoms with Gasteiger partial charge in [0.05, 0.1) is 6.54 Å². The topological polar surface area (TPSA) is 30.9 Å². The highest BCUT2D eigenvalue weighted by Crippen LogP contribution is 2.17. The van der Waals surface area contributed by atoms with Crippen molar-refractivity contribution >= 4 is 29.9 Å². The van der Waals surface area contributed by atoms with Gasteiger partial charge < -0.3 is 10.2 Å². The molecule has 0 spiro atoms. The van der Waals surface area contributed by atoms with Gasteiger partial charge in [-0.2, -0.15) is 0 Å². The van der Waals surface area contributed by atoms with Crippen LogP contribution in [0.5, 0.6) is 0 Å². The Morgan fingerprint density at radius 1 is 0.960 bits per heavy atom. The average Bonchev–Trinajstić information content (AvgIpc) is 3.15. The molecule has 0 radical (unpaired) electrons. The third-order valence-electron chi connectivity index (χ3n) is 5.10. The lowest BCUT2D eigenvalue weighted by Crippen LogP contribution is -2.39. The lowest BCUT2D eigenvalue weighted by Gasteiger charge is -2.27. The van der Waals surface area contributed by atoms with Gasteiger partial charge in [0.15, 0.2) is 5.96 Å². The molecule has 0 aromatic heterocycles. The molecular formula is C20H33IN4. The normalized spacial score (nSPS) is 18.9. The van der Waals surface area contributed by atoms with E-state index >= 15 is 0 Å². The minimum atomic E-state index is 0. The van der Waals surface area contributed by atoms with Crippen LogP contribution < -0.4 is 5.32 Å². The molecule has 0 aliphatic carbocycles. The molecule has 0 unspecified atom stereocenters. The van der Waals surface area contributed by atoms with Gasteiger partial charge in [0.25, 0.3) is 0 Å². The van der Waals surface area contributed by atoms with Crippen molar-refractivity contribution in [3.05, 3.63) is 35.4 Å². The Bertz CT molecular complexity index is 534. The zero-order chi connectivity index (χ0) is 16.6. The first kappa shape index (κ1) is 20.5. The highest BCUT2D eigenvalue weighted by atomic mass is 127. The number of aliphatic imine (C=N–C) groups is 1. The van der Waals surface area contributed by atoms with Crippen molar-refractivity contribution in [2.45, 2.75) is 52.1 Å². The SMILES string of the molecule is CCNC(=NCc1ccccc1CN1CCCCC1)N1CCCC1.I. The average molecular weight is 456 g/mol. The molecule has 1 aromatic carbocycles. The number of rotatable bonds is 5. The van der Waals surface area contributed by atoms with E-state index in [0.29, 0.717) is 0 Å². The van der Waals surface area contributed by atoms with Crippen LogP contribution in [0.2, 0.25) is 0 Å². The summed E-state index contributed by atoms with van der Waals surface area (Å²) >= 11 is 0. The van der Waals surface area contributed by atoms with Crippen molar-refractivity contribution in [2.75, 3.05) is 32.7 Å². The molecule has 2 fully saturated rings. The van der Waals surface area contributed by atoms with E-state index in [2.05, 4.69) is 46.3 Å². The minimum Gasteiger partial charge on any atom is -0.357 e. The smallest absolute Gasteiger partial charge is 0.194 e. The molecule has 140 valence electrons. The Kier molecular flexibility index (Phi) is 9.03. The summed E-state index contributed by atoms with van der Waals surface area (Å²) in [6, 6.07) is 8.84. The van der Waals surface area contributed by atoms with E-state index in [1.807, 2.05) is 0 Å². The van der Waals surface area contributed by atoms with Crippen LogP contribution in [0.15, 0.2) is 29.3 Å². The van der Waals surface area contributed by atoms with E-state index in [0.717, 1.165) is 38.7 Å². The Morgan fingerprint density at radius 2 is 1.60 bits per heavy atom. The van der Waals surface area contributed by atoms with Gasteiger partial charge >= 0.3 is 0 Å². The van der Waals surface area contributed by atoms with Gasteiger partial charge in [-0.15, -0.1) is 24.0 Å². The van der Waals surface area contributed by atoms with Crippen LogP contribution in [-0.4, -0.2) is 48.5 Å². The molecule has 2 heterocycles. The van der Waals surface area contributed by atoms with Crippen LogP contribution in [-0.2, 0) is 13.1 Å². The first-order chi connectivity index (χ1) is 11.9. The number of piperidine rings is 1. The molecule has 0 atom stereocenters. The summed E-state index contributed by atoms with van der Waals surface area (Å²) < 4.78 is 0. The minimum absolute atomic E-state index is 0. The highest BCUT2D eigenvalue weighted by Gasteiger charge is 2.16. The number of hydrogen-bond acceptors (Lipinski definition) is 2. The molecule has 2 aliphatic heterocycles. The summed E-state index contributed by atoms with van der Waals surface area (Å²) in [5, 5.41) is 3.46. The lowest BCUT2D eigenvalue weighted by molar-refractivity contribution is 0.220. The Balaban J connectivity index is 0.00000225. The maximum absolute atomic E-state index is 4.93. The number of guanidine groups is 1. The Labute approximate surface area is 170 Å². The lowest BCUT2D eigenvalue weighted by atomic mass is 10.1. The van der Waals surface area contributed by atoms with Gasteiger partial charge in [-0.3, -0.25) is 4.90 Å². The summed E-state index contributed by atoms with van der Waals surface area (Å²) in [5.74, 6) is 1.09. The molecule has 25 heavy (non-hydrogen) atoms. The Morgan fingerprint density at radius 3 is 2.28 bits per heavy atom. The zero-order valence-electron chi connectivity index (χ0n) is 15.5. The number of benzene rings is 1. The summed E-state index contributed by atoms with van der Waals surface area (Å²) in [5.41, 5.74) is 2.82. The van der Waals surface area contributed by atoms with Gasteiger partial charge in [-0.25, -0.2) is 4.99 Å². The van der Waals surface area contributed by atoms with Gasteiger partial charge in [0.2, 0.25) is 0 Å². The molecule has 1 N–H and O–H groups in total. The summed E-state index contributed by atoms with van der Waals surface area (Å²) in [4.78, 5) is 9.93. The molecule has 0 bridgehead atoms. The summed E-state index contributed by atoms with van der Waals surface area (Å²) in [7, 11) is 0. The highest BCUT2D eigenvalue weighted by molar-refractivity contribution is 14.0. The first-order valence-electron chi connectivity index (χ1n) is 9.69. The number of nitrogens with one attached hydrogen (secondary N) is 1. The van der Waals surface area contributed by atoms with E-state index in [4.69, 9.17) is 4.99 Å². The number of likely N-dealkylation sites (tertiary alicyclic amines) is 2. The number of halogens is 1. The molecule has 0 amide bonds. The van der Waals surface area contributed by atoms with Crippen LogP contribution in [0.3, 0.4) is 0 Å². The molecule has 2 aliphatic rings. The van der Waals surface area contributed by atoms with E-state index < -0.39 is 0 Å².